The highest BCUT2D eigenvalue weighted by Crippen LogP contribution is 2.37. The highest BCUT2D eigenvalue weighted by molar-refractivity contribution is 7.89. The molecule has 0 saturated carbocycles. The molecule has 0 aromatic heterocycles. The summed E-state index contributed by atoms with van der Waals surface area (Å²) in [5.41, 5.74) is 3.59. The molecule has 5 heteroatoms. The number of carbonyl (C=O) groups is 1. The molecule has 4 nitrogen and oxygen atoms in total. The Morgan fingerprint density at radius 1 is 1.14 bits per heavy atom. The minimum absolute atomic E-state index is 0.107. The van der Waals surface area contributed by atoms with E-state index in [1.54, 1.807) is 31.2 Å². The molecule has 1 aromatic carbocycles. The zero-order valence-electron chi connectivity index (χ0n) is 13.0. The van der Waals surface area contributed by atoms with Crippen LogP contribution < -0.4 is 0 Å². The second kappa shape index (κ2) is 5.18. The van der Waals surface area contributed by atoms with Gasteiger partial charge in [0, 0.05) is 19.0 Å². The minimum atomic E-state index is -3.53. The summed E-state index contributed by atoms with van der Waals surface area (Å²) in [6, 6.07) is 6.86. The lowest BCUT2D eigenvalue weighted by atomic mass is 9.97. The second-order valence-electron chi connectivity index (χ2n) is 5.96. The fourth-order valence-electron chi connectivity index (χ4n) is 3.09. The number of benzene rings is 1. The molecule has 0 saturated heterocycles. The van der Waals surface area contributed by atoms with Crippen molar-refractivity contribution in [3.8, 4) is 0 Å². The largest absolute Gasteiger partial charge is 0.294 e. The summed E-state index contributed by atoms with van der Waals surface area (Å²) in [6.07, 6.45) is 1.88. The molecule has 0 amide bonds. The van der Waals surface area contributed by atoms with Gasteiger partial charge in [-0.25, -0.2) is 8.42 Å². The smallest absolute Gasteiger partial charge is 0.243 e. The first-order valence-corrected chi connectivity index (χ1v) is 8.77. The van der Waals surface area contributed by atoms with Gasteiger partial charge in [0.15, 0.2) is 5.78 Å². The maximum Gasteiger partial charge on any atom is 0.243 e. The molecular weight excluding hydrogens is 298 g/mol. The minimum Gasteiger partial charge on any atom is -0.294 e. The molecule has 0 spiro atoms. The maximum absolute atomic E-state index is 12.7. The van der Waals surface area contributed by atoms with E-state index in [0.29, 0.717) is 17.0 Å². The van der Waals surface area contributed by atoms with E-state index in [1.807, 2.05) is 19.9 Å². The van der Waals surface area contributed by atoms with Gasteiger partial charge in [-0.2, -0.15) is 4.31 Å². The third-order valence-electron chi connectivity index (χ3n) is 4.54. The van der Waals surface area contributed by atoms with E-state index < -0.39 is 10.0 Å². The zero-order valence-corrected chi connectivity index (χ0v) is 13.8. The Bertz CT molecular complexity index is 801. The Hall–Kier alpha value is -1.72. The van der Waals surface area contributed by atoms with Crippen LogP contribution in [0.2, 0.25) is 0 Å². The van der Waals surface area contributed by atoms with Crippen molar-refractivity contribution in [1.29, 1.82) is 0 Å². The Morgan fingerprint density at radius 3 is 2.41 bits per heavy atom. The highest BCUT2D eigenvalue weighted by atomic mass is 32.2. The van der Waals surface area contributed by atoms with Crippen LogP contribution in [0.5, 0.6) is 0 Å². The molecule has 116 valence electrons. The Morgan fingerprint density at radius 2 is 1.77 bits per heavy atom. The lowest BCUT2D eigenvalue weighted by Gasteiger charge is -2.27. The number of ketones is 1. The topological polar surface area (TPSA) is 54.5 Å². The van der Waals surface area contributed by atoms with Crippen LogP contribution in [0.3, 0.4) is 0 Å². The van der Waals surface area contributed by atoms with Gasteiger partial charge in [-0.05, 0) is 42.7 Å². The molecule has 0 fully saturated rings. The standard InChI is InChI=1S/C17H19NO3S/c1-11-4-6-14(7-5-11)22(20,21)18-9-8-15-12(2)17(19)13(3)16(15)10-18/h4-8,12H,9-10H2,1-3H3. The first-order chi connectivity index (χ1) is 10.3. The van der Waals surface area contributed by atoms with Gasteiger partial charge < -0.3 is 0 Å². The summed E-state index contributed by atoms with van der Waals surface area (Å²) in [4.78, 5) is 12.4. The number of fused-ring (bicyclic) bond motifs is 1. The van der Waals surface area contributed by atoms with E-state index in [2.05, 4.69) is 0 Å². The number of rotatable bonds is 2. The van der Waals surface area contributed by atoms with E-state index in [9.17, 15) is 13.2 Å². The van der Waals surface area contributed by atoms with Gasteiger partial charge in [-0.15, -0.1) is 0 Å². The van der Waals surface area contributed by atoms with Crippen molar-refractivity contribution in [2.75, 3.05) is 13.1 Å². The van der Waals surface area contributed by atoms with Crippen LogP contribution in [0.1, 0.15) is 19.4 Å². The van der Waals surface area contributed by atoms with Crippen molar-refractivity contribution in [2.24, 2.45) is 5.92 Å². The molecule has 2 aliphatic rings. The normalized spacial score (nSPS) is 22.8. The number of Topliss-reactive ketones (excluding diaryl/α,β-unsaturated/α-hetero) is 1. The molecule has 1 aromatic rings. The molecule has 0 bridgehead atoms. The molecule has 1 aliphatic heterocycles. The number of sulfonamides is 1. The molecule has 3 rings (SSSR count). The third kappa shape index (κ3) is 2.25. The Balaban J connectivity index is 1.97. The summed E-state index contributed by atoms with van der Waals surface area (Å²) in [6.45, 7) is 6.20. The van der Waals surface area contributed by atoms with Crippen LogP contribution in [-0.2, 0) is 14.8 Å². The number of hydrogen-bond donors (Lipinski definition) is 0. The van der Waals surface area contributed by atoms with Gasteiger partial charge in [0.2, 0.25) is 10.0 Å². The molecular formula is C17H19NO3S. The van der Waals surface area contributed by atoms with E-state index in [4.69, 9.17) is 0 Å². The van der Waals surface area contributed by atoms with Crippen molar-refractivity contribution in [3.63, 3.8) is 0 Å². The Kier molecular flexibility index (Phi) is 3.57. The SMILES string of the molecule is CC1=C2CN(S(=O)(=O)c3ccc(C)cc3)CC=C2C(C)C1=O. The number of allylic oxidation sites excluding steroid dienone is 1. The lowest BCUT2D eigenvalue weighted by Crippen LogP contribution is -2.36. The lowest BCUT2D eigenvalue weighted by molar-refractivity contribution is -0.117. The van der Waals surface area contributed by atoms with E-state index >= 15 is 0 Å². The molecule has 1 atom stereocenters. The summed E-state index contributed by atoms with van der Waals surface area (Å²) in [5, 5.41) is 0. The van der Waals surface area contributed by atoms with E-state index in [-0.39, 0.29) is 18.2 Å². The van der Waals surface area contributed by atoms with Crippen LogP contribution in [-0.4, -0.2) is 31.6 Å². The predicted octanol–water partition coefficient (Wildman–Crippen LogP) is 2.46. The van der Waals surface area contributed by atoms with Crippen LogP contribution in [0.4, 0.5) is 0 Å². The molecule has 1 unspecified atom stereocenters. The van der Waals surface area contributed by atoms with Crippen molar-refractivity contribution < 1.29 is 13.2 Å². The monoisotopic (exact) mass is 317 g/mol. The fourth-order valence-corrected chi connectivity index (χ4v) is 4.43. The van der Waals surface area contributed by atoms with Gasteiger partial charge >= 0.3 is 0 Å². The van der Waals surface area contributed by atoms with E-state index in [0.717, 1.165) is 16.7 Å². The molecule has 0 radical (unpaired) electrons. The van der Waals surface area contributed by atoms with Gasteiger partial charge in [-0.1, -0.05) is 30.7 Å². The maximum atomic E-state index is 12.7. The highest BCUT2D eigenvalue weighted by Gasteiger charge is 2.37. The third-order valence-corrected chi connectivity index (χ3v) is 6.36. The number of hydrogen-bond acceptors (Lipinski definition) is 3. The van der Waals surface area contributed by atoms with Gasteiger partial charge in [0.1, 0.15) is 0 Å². The number of aryl methyl sites for hydroxylation is 1. The molecule has 22 heavy (non-hydrogen) atoms. The summed E-state index contributed by atoms with van der Waals surface area (Å²) < 4.78 is 26.9. The van der Waals surface area contributed by atoms with Crippen LogP contribution in [0.15, 0.2) is 52.0 Å². The van der Waals surface area contributed by atoms with Crippen molar-refractivity contribution in [3.05, 3.63) is 52.6 Å². The second-order valence-corrected chi connectivity index (χ2v) is 7.90. The fraction of sp³-hybridized carbons (Fsp3) is 0.353. The van der Waals surface area contributed by atoms with E-state index in [1.165, 1.54) is 4.31 Å². The number of carbonyl (C=O) groups excluding carboxylic acids is 1. The summed E-state index contributed by atoms with van der Waals surface area (Å²) in [5.74, 6) is -0.0323. The van der Waals surface area contributed by atoms with Crippen LogP contribution in [0, 0.1) is 12.8 Å². The zero-order chi connectivity index (χ0) is 16.1. The van der Waals surface area contributed by atoms with Crippen LogP contribution >= 0.6 is 0 Å². The first-order valence-electron chi connectivity index (χ1n) is 7.33. The van der Waals surface area contributed by atoms with Gasteiger partial charge in [-0.3, -0.25) is 4.79 Å². The quantitative estimate of drug-likeness (QED) is 0.842. The van der Waals surface area contributed by atoms with Crippen molar-refractivity contribution >= 4 is 15.8 Å². The Labute approximate surface area is 131 Å². The summed E-state index contributed by atoms with van der Waals surface area (Å²) >= 11 is 0. The average molecular weight is 317 g/mol. The number of nitrogens with zero attached hydrogens (tertiary/aromatic N) is 1. The first kappa shape index (κ1) is 15.2. The molecule has 1 heterocycles. The van der Waals surface area contributed by atoms with Gasteiger partial charge in [0.05, 0.1) is 4.90 Å². The summed E-state index contributed by atoms with van der Waals surface area (Å²) in [7, 11) is -3.53. The van der Waals surface area contributed by atoms with Crippen molar-refractivity contribution in [1.82, 2.24) is 4.31 Å². The molecule has 0 N–H and O–H groups in total. The molecule has 1 aliphatic carbocycles. The average Bonchev–Trinajstić information content (AvgIpc) is 2.72. The predicted molar refractivity (Wildman–Crippen MR) is 84.9 cm³/mol. The van der Waals surface area contributed by atoms with Gasteiger partial charge in [0.25, 0.3) is 0 Å². The van der Waals surface area contributed by atoms with Crippen molar-refractivity contribution in [2.45, 2.75) is 25.7 Å². The van der Waals surface area contributed by atoms with Crippen LogP contribution in [0.25, 0.3) is 0 Å².